The zero-order valence-electron chi connectivity index (χ0n) is 9.52. The molecule has 0 fully saturated rings. The highest BCUT2D eigenvalue weighted by Gasteiger charge is 2.02. The first-order chi connectivity index (χ1) is 6.50. The van der Waals surface area contributed by atoms with Gasteiger partial charge in [0.05, 0.1) is 0 Å². The number of hydrogen-bond donors (Lipinski definition) is 1. The quantitative estimate of drug-likeness (QED) is 0.760. The Hall–Kier alpha value is -1.24. The maximum Gasteiger partial charge on any atom is 0.0414 e. The summed E-state index contributed by atoms with van der Waals surface area (Å²) in [6, 6.07) is 6.41. The van der Waals surface area contributed by atoms with Crippen LogP contribution in [0.3, 0.4) is 0 Å². The molecule has 1 N–H and O–H groups in total. The first-order valence-corrected chi connectivity index (χ1v) is 5.03. The van der Waals surface area contributed by atoms with Crippen molar-refractivity contribution in [2.45, 2.75) is 27.7 Å². The van der Waals surface area contributed by atoms with E-state index in [9.17, 15) is 0 Å². The molecule has 0 heterocycles. The van der Waals surface area contributed by atoms with Crippen LogP contribution in [0.1, 0.15) is 25.0 Å². The second kappa shape index (κ2) is 4.32. The topological polar surface area (TPSA) is 12.0 Å². The molecule has 14 heavy (non-hydrogen) atoms. The first-order valence-electron chi connectivity index (χ1n) is 5.03. The molecule has 0 bridgehead atoms. The molecule has 0 atom stereocenters. The molecule has 0 aliphatic rings. The van der Waals surface area contributed by atoms with E-state index in [0.29, 0.717) is 5.92 Å². The summed E-state index contributed by atoms with van der Waals surface area (Å²) in [6.45, 7) is 12.5. The average molecular weight is 189 g/mol. The van der Waals surface area contributed by atoms with Gasteiger partial charge in [-0.25, -0.2) is 0 Å². The fourth-order valence-corrected chi connectivity index (χ4v) is 1.19. The van der Waals surface area contributed by atoms with Crippen LogP contribution in [0.2, 0.25) is 0 Å². The van der Waals surface area contributed by atoms with Gasteiger partial charge in [-0.05, 0) is 37.0 Å². The summed E-state index contributed by atoms with van der Waals surface area (Å²) in [6.07, 6.45) is 0. The minimum Gasteiger partial charge on any atom is -0.359 e. The lowest BCUT2D eigenvalue weighted by atomic mass is 10.1. The van der Waals surface area contributed by atoms with Crippen molar-refractivity contribution in [3.05, 3.63) is 41.6 Å². The molecular formula is C13H19N. The lowest BCUT2D eigenvalue weighted by Gasteiger charge is -2.15. The third-order valence-corrected chi connectivity index (χ3v) is 2.39. The van der Waals surface area contributed by atoms with Gasteiger partial charge >= 0.3 is 0 Å². The fraction of sp³-hybridized carbons (Fsp3) is 0.385. The van der Waals surface area contributed by atoms with Crippen molar-refractivity contribution in [1.82, 2.24) is 0 Å². The molecule has 0 amide bonds. The van der Waals surface area contributed by atoms with Gasteiger partial charge in [0.15, 0.2) is 0 Å². The van der Waals surface area contributed by atoms with Crippen molar-refractivity contribution in [3.8, 4) is 0 Å². The van der Waals surface area contributed by atoms with Crippen LogP contribution in [0.4, 0.5) is 5.69 Å². The summed E-state index contributed by atoms with van der Waals surface area (Å²) in [4.78, 5) is 0. The van der Waals surface area contributed by atoms with E-state index in [1.54, 1.807) is 0 Å². The molecule has 0 radical (unpaired) electrons. The van der Waals surface area contributed by atoms with Gasteiger partial charge in [0.1, 0.15) is 0 Å². The van der Waals surface area contributed by atoms with E-state index in [4.69, 9.17) is 0 Å². The number of benzene rings is 1. The molecule has 0 aliphatic heterocycles. The van der Waals surface area contributed by atoms with Crippen molar-refractivity contribution in [1.29, 1.82) is 0 Å². The second-order valence-corrected chi connectivity index (χ2v) is 4.12. The number of hydrogen-bond acceptors (Lipinski definition) is 1. The molecule has 0 aliphatic carbocycles. The Morgan fingerprint density at radius 3 is 2.50 bits per heavy atom. The third kappa shape index (κ3) is 2.63. The summed E-state index contributed by atoms with van der Waals surface area (Å²) in [5.41, 5.74) is 4.77. The monoisotopic (exact) mass is 189 g/mol. The van der Waals surface area contributed by atoms with E-state index in [1.165, 1.54) is 16.8 Å². The number of anilines is 1. The van der Waals surface area contributed by atoms with Crippen LogP contribution < -0.4 is 5.32 Å². The third-order valence-electron chi connectivity index (χ3n) is 2.39. The highest BCUT2D eigenvalue weighted by molar-refractivity contribution is 5.55. The van der Waals surface area contributed by atoms with Gasteiger partial charge in [0.2, 0.25) is 0 Å². The van der Waals surface area contributed by atoms with Crippen molar-refractivity contribution >= 4 is 5.69 Å². The van der Waals surface area contributed by atoms with Gasteiger partial charge in [-0.15, -0.1) is 0 Å². The number of aryl methyl sites for hydroxylation is 2. The van der Waals surface area contributed by atoms with Crippen LogP contribution in [-0.4, -0.2) is 0 Å². The van der Waals surface area contributed by atoms with Gasteiger partial charge in [-0.1, -0.05) is 32.6 Å². The van der Waals surface area contributed by atoms with Crippen LogP contribution in [0, 0.1) is 19.8 Å². The maximum absolute atomic E-state index is 4.01. The van der Waals surface area contributed by atoms with E-state index in [-0.39, 0.29) is 0 Å². The Labute approximate surface area is 86.8 Å². The summed E-state index contributed by atoms with van der Waals surface area (Å²) in [5, 5.41) is 3.36. The van der Waals surface area contributed by atoms with E-state index < -0.39 is 0 Å². The average Bonchev–Trinajstić information content (AvgIpc) is 2.11. The number of rotatable bonds is 3. The first kappa shape index (κ1) is 10.8. The Morgan fingerprint density at radius 2 is 1.93 bits per heavy atom. The summed E-state index contributed by atoms with van der Waals surface area (Å²) >= 11 is 0. The number of allylic oxidation sites excluding steroid dienone is 1. The Bertz CT molecular complexity index is 337. The van der Waals surface area contributed by atoms with Crippen molar-refractivity contribution < 1.29 is 0 Å². The molecule has 0 saturated heterocycles. The van der Waals surface area contributed by atoms with E-state index in [2.05, 4.69) is 57.8 Å². The fourth-order valence-electron chi connectivity index (χ4n) is 1.19. The molecule has 1 rings (SSSR count). The normalized spacial score (nSPS) is 10.4. The minimum atomic E-state index is 0.468. The molecule has 0 spiro atoms. The molecule has 76 valence electrons. The maximum atomic E-state index is 4.01. The largest absolute Gasteiger partial charge is 0.359 e. The molecule has 0 saturated carbocycles. The highest BCUT2D eigenvalue weighted by atomic mass is 14.9. The van der Waals surface area contributed by atoms with Crippen LogP contribution in [0.15, 0.2) is 30.5 Å². The van der Waals surface area contributed by atoms with Crippen LogP contribution in [0.5, 0.6) is 0 Å². The Morgan fingerprint density at radius 1 is 1.29 bits per heavy atom. The van der Waals surface area contributed by atoms with Gasteiger partial charge in [-0.3, -0.25) is 0 Å². The van der Waals surface area contributed by atoms with E-state index in [0.717, 1.165) is 5.70 Å². The molecule has 1 aromatic rings. The van der Waals surface area contributed by atoms with Crippen molar-refractivity contribution in [2.75, 3.05) is 5.32 Å². The van der Waals surface area contributed by atoms with Gasteiger partial charge in [-0.2, -0.15) is 0 Å². The molecule has 1 nitrogen and oxygen atoms in total. The summed E-state index contributed by atoms with van der Waals surface area (Å²) < 4.78 is 0. The predicted molar refractivity (Wildman–Crippen MR) is 63.5 cm³/mol. The lowest BCUT2D eigenvalue weighted by Crippen LogP contribution is -2.05. The number of nitrogens with one attached hydrogen (secondary N) is 1. The van der Waals surface area contributed by atoms with Crippen molar-refractivity contribution in [3.63, 3.8) is 0 Å². The summed E-state index contributed by atoms with van der Waals surface area (Å²) in [7, 11) is 0. The second-order valence-electron chi connectivity index (χ2n) is 4.12. The summed E-state index contributed by atoms with van der Waals surface area (Å²) in [5.74, 6) is 0.468. The van der Waals surface area contributed by atoms with Crippen LogP contribution in [0.25, 0.3) is 0 Å². The Kier molecular flexibility index (Phi) is 3.34. The van der Waals surface area contributed by atoms with E-state index in [1.807, 2.05) is 0 Å². The van der Waals surface area contributed by atoms with E-state index >= 15 is 0 Å². The van der Waals surface area contributed by atoms with Gasteiger partial charge in [0.25, 0.3) is 0 Å². The van der Waals surface area contributed by atoms with Crippen LogP contribution >= 0.6 is 0 Å². The molecular weight excluding hydrogens is 170 g/mol. The molecule has 1 heteroatoms. The molecule has 0 aromatic heterocycles. The lowest BCUT2D eigenvalue weighted by molar-refractivity contribution is 0.778. The minimum absolute atomic E-state index is 0.468. The standard InChI is InChI=1S/C13H19N/c1-9(2)12(5)14-13-8-10(3)6-7-11(13)4/h6-9,14H,5H2,1-4H3. The smallest absolute Gasteiger partial charge is 0.0414 e. The van der Waals surface area contributed by atoms with Crippen molar-refractivity contribution in [2.24, 2.45) is 5.92 Å². The Balaban J connectivity index is 2.86. The van der Waals surface area contributed by atoms with Gasteiger partial charge < -0.3 is 5.32 Å². The molecule has 0 unspecified atom stereocenters. The van der Waals surface area contributed by atoms with Crippen LogP contribution in [-0.2, 0) is 0 Å². The zero-order valence-corrected chi connectivity index (χ0v) is 9.52. The predicted octanol–water partition coefficient (Wildman–Crippen LogP) is 3.89. The zero-order chi connectivity index (χ0) is 10.7. The molecule has 1 aromatic carbocycles. The SMILES string of the molecule is C=C(Nc1cc(C)ccc1C)C(C)C. The van der Waals surface area contributed by atoms with Gasteiger partial charge in [0, 0.05) is 11.4 Å². The highest BCUT2D eigenvalue weighted by Crippen LogP contribution is 2.20.